The molecular weight excluding hydrogens is 354 g/mol. The van der Waals surface area contributed by atoms with Crippen LogP contribution in [0.3, 0.4) is 0 Å². The second kappa shape index (κ2) is 5.97. The highest BCUT2D eigenvalue weighted by Crippen LogP contribution is 2.32. The van der Waals surface area contributed by atoms with Crippen LogP contribution in [0.1, 0.15) is 0 Å². The summed E-state index contributed by atoms with van der Waals surface area (Å²) in [5.74, 6) is -0.0314. The fourth-order valence-electron chi connectivity index (χ4n) is 2.48. The van der Waals surface area contributed by atoms with Crippen molar-refractivity contribution in [1.29, 1.82) is 0 Å². The molecule has 0 aliphatic carbocycles. The van der Waals surface area contributed by atoms with Crippen molar-refractivity contribution in [3.8, 4) is 5.75 Å². The number of amides is 1. The molecule has 0 bridgehead atoms. The molecule has 9 heteroatoms. The Morgan fingerprint density at radius 2 is 1.79 bits per heavy atom. The molecule has 3 rings (SSSR count). The van der Waals surface area contributed by atoms with Crippen LogP contribution in [-0.2, 0) is 14.8 Å². The largest absolute Gasteiger partial charge is 0.508 e. The molecule has 1 aliphatic rings. The summed E-state index contributed by atoms with van der Waals surface area (Å²) < 4.78 is 22.7. The Balaban J connectivity index is 1.88. The highest BCUT2D eigenvalue weighted by atomic mass is 35.5. The smallest absolute Gasteiger partial charge is 0.248 e. The molecule has 1 fully saturated rings. The number of benzene rings is 2. The Bertz CT molecular complexity index is 899. The molecule has 1 saturated heterocycles. The van der Waals surface area contributed by atoms with Crippen LogP contribution >= 0.6 is 11.6 Å². The highest BCUT2D eigenvalue weighted by Gasteiger charge is 2.30. The lowest BCUT2D eigenvalue weighted by molar-refractivity contribution is -0.115. The van der Waals surface area contributed by atoms with Gasteiger partial charge in [0.2, 0.25) is 15.9 Å². The third-order valence-electron chi connectivity index (χ3n) is 3.69. The van der Waals surface area contributed by atoms with E-state index in [1.54, 1.807) is 12.1 Å². The topological polar surface area (TPSA) is 104 Å². The van der Waals surface area contributed by atoms with E-state index in [1.807, 2.05) is 4.90 Å². The number of nitrogens with two attached hydrogens (primary N) is 1. The Morgan fingerprint density at radius 1 is 1.12 bits per heavy atom. The maximum Gasteiger partial charge on any atom is 0.248 e. The molecule has 2 aromatic carbocycles. The number of primary sulfonamides is 1. The number of sulfonamides is 1. The summed E-state index contributed by atoms with van der Waals surface area (Å²) in [5.41, 5.74) is 1.19. The summed E-state index contributed by atoms with van der Waals surface area (Å²) in [6.07, 6.45) is 0. The van der Waals surface area contributed by atoms with Crippen molar-refractivity contribution >= 4 is 38.9 Å². The first-order chi connectivity index (χ1) is 11.3. The molecule has 0 saturated carbocycles. The van der Waals surface area contributed by atoms with Gasteiger partial charge in [-0.1, -0.05) is 11.6 Å². The van der Waals surface area contributed by atoms with Gasteiger partial charge in [-0.05, 0) is 42.5 Å². The number of hydrogen-bond acceptors (Lipinski definition) is 5. The van der Waals surface area contributed by atoms with Crippen molar-refractivity contribution in [1.82, 2.24) is 0 Å². The Hall–Kier alpha value is -2.29. The van der Waals surface area contributed by atoms with Gasteiger partial charge in [0.25, 0.3) is 0 Å². The first kappa shape index (κ1) is 16.6. The third-order valence-corrected chi connectivity index (χ3v) is 4.91. The van der Waals surface area contributed by atoms with E-state index in [0.29, 0.717) is 5.69 Å². The van der Waals surface area contributed by atoms with Crippen LogP contribution in [0, 0.1) is 0 Å². The minimum atomic E-state index is -3.86. The standard InChI is InChI=1S/C15H14ClN3O4S/c16-13-7-12(24(17,22)23)5-6-14(13)19-9-18(8-15(19)21)10-1-3-11(20)4-2-10/h1-7,20H,8-9H2,(H2,17,22,23). The molecule has 126 valence electrons. The predicted molar refractivity (Wildman–Crippen MR) is 90.6 cm³/mol. The van der Waals surface area contributed by atoms with E-state index in [1.165, 1.54) is 35.2 Å². The average molecular weight is 368 g/mol. The SMILES string of the molecule is NS(=O)(=O)c1ccc(N2CN(c3ccc(O)cc3)CC2=O)c(Cl)c1. The number of carbonyl (C=O) groups excluding carboxylic acids is 1. The molecule has 1 heterocycles. The number of carbonyl (C=O) groups is 1. The maximum absolute atomic E-state index is 12.3. The Labute approximate surface area is 143 Å². The highest BCUT2D eigenvalue weighted by molar-refractivity contribution is 7.89. The van der Waals surface area contributed by atoms with Gasteiger partial charge in [-0.25, -0.2) is 13.6 Å². The molecule has 7 nitrogen and oxygen atoms in total. The number of halogens is 1. The van der Waals surface area contributed by atoms with Crippen LogP contribution in [0.5, 0.6) is 5.75 Å². The molecule has 0 radical (unpaired) electrons. The first-order valence-corrected chi connectivity index (χ1v) is 8.85. The maximum atomic E-state index is 12.3. The molecule has 3 N–H and O–H groups in total. The third kappa shape index (κ3) is 3.16. The van der Waals surface area contributed by atoms with Gasteiger partial charge in [0.05, 0.1) is 28.8 Å². The summed E-state index contributed by atoms with van der Waals surface area (Å²) in [6.45, 7) is 0.413. The summed E-state index contributed by atoms with van der Waals surface area (Å²) in [4.78, 5) is 15.5. The Morgan fingerprint density at radius 3 is 2.38 bits per heavy atom. The van der Waals surface area contributed by atoms with Gasteiger partial charge in [0.1, 0.15) is 5.75 Å². The molecule has 1 amide bonds. The number of aromatic hydroxyl groups is 1. The quantitative estimate of drug-likeness (QED) is 0.855. The van der Waals surface area contributed by atoms with Crippen LogP contribution in [0.15, 0.2) is 47.4 Å². The average Bonchev–Trinajstić information content (AvgIpc) is 2.89. The van der Waals surface area contributed by atoms with Crippen LogP contribution in [0.2, 0.25) is 5.02 Å². The fraction of sp³-hybridized carbons (Fsp3) is 0.133. The van der Waals surface area contributed by atoms with Gasteiger partial charge in [0, 0.05) is 5.69 Å². The van der Waals surface area contributed by atoms with Crippen LogP contribution < -0.4 is 14.9 Å². The summed E-state index contributed by atoms with van der Waals surface area (Å²) >= 11 is 6.13. The molecule has 0 atom stereocenters. The predicted octanol–water partition coefficient (Wildman–Crippen LogP) is 1.50. The molecule has 0 aromatic heterocycles. The van der Waals surface area contributed by atoms with Crippen molar-refractivity contribution in [3.63, 3.8) is 0 Å². The lowest BCUT2D eigenvalue weighted by Crippen LogP contribution is -2.27. The van der Waals surface area contributed by atoms with Crippen molar-refractivity contribution in [3.05, 3.63) is 47.5 Å². The van der Waals surface area contributed by atoms with Gasteiger partial charge in [-0.2, -0.15) is 0 Å². The van der Waals surface area contributed by atoms with Gasteiger partial charge >= 0.3 is 0 Å². The number of hydrogen-bond donors (Lipinski definition) is 2. The van der Waals surface area contributed by atoms with Gasteiger partial charge in [0.15, 0.2) is 0 Å². The number of phenolic OH excluding ortho intramolecular Hbond substituents is 1. The lowest BCUT2D eigenvalue weighted by atomic mass is 10.3. The fourth-order valence-corrected chi connectivity index (χ4v) is 3.37. The number of anilines is 2. The van der Waals surface area contributed by atoms with Crippen molar-refractivity contribution < 1.29 is 18.3 Å². The first-order valence-electron chi connectivity index (χ1n) is 6.92. The van der Waals surface area contributed by atoms with E-state index in [2.05, 4.69) is 0 Å². The normalized spacial score (nSPS) is 15.2. The molecule has 24 heavy (non-hydrogen) atoms. The van der Waals surface area contributed by atoms with Crippen LogP contribution in [0.25, 0.3) is 0 Å². The van der Waals surface area contributed by atoms with E-state index in [4.69, 9.17) is 16.7 Å². The van der Waals surface area contributed by atoms with E-state index in [0.717, 1.165) is 5.69 Å². The zero-order valence-corrected chi connectivity index (χ0v) is 14.0. The number of phenols is 1. The van der Waals surface area contributed by atoms with E-state index in [-0.39, 0.29) is 34.8 Å². The second-order valence-electron chi connectivity index (χ2n) is 5.34. The molecular formula is C15H14ClN3O4S. The molecule has 1 aliphatic heterocycles. The van der Waals surface area contributed by atoms with E-state index < -0.39 is 10.0 Å². The summed E-state index contributed by atoms with van der Waals surface area (Å²) in [7, 11) is -3.86. The monoisotopic (exact) mass is 367 g/mol. The van der Waals surface area contributed by atoms with E-state index >= 15 is 0 Å². The minimum Gasteiger partial charge on any atom is -0.508 e. The second-order valence-corrected chi connectivity index (χ2v) is 7.30. The van der Waals surface area contributed by atoms with Gasteiger partial charge < -0.3 is 10.0 Å². The molecule has 0 spiro atoms. The lowest BCUT2D eigenvalue weighted by Gasteiger charge is -2.20. The summed E-state index contributed by atoms with van der Waals surface area (Å²) in [6, 6.07) is 10.5. The zero-order valence-electron chi connectivity index (χ0n) is 12.4. The zero-order chi connectivity index (χ0) is 17.5. The summed E-state index contributed by atoms with van der Waals surface area (Å²) in [5, 5.41) is 14.5. The van der Waals surface area contributed by atoms with Crippen molar-refractivity contribution in [2.45, 2.75) is 4.90 Å². The number of nitrogens with zero attached hydrogens (tertiary/aromatic N) is 2. The van der Waals surface area contributed by atoms with Gasteiger partial charge in [-0.3, -0.25) is 9.69 Å². The van der Waals surface area contributed by atoms with Crippen LogP contribution in [-0.4, -0.2) is 32.6 Å². The van der Waals surface area contributed by atoms with Crippen molar-refractivity contribution in [2.75, 3.05) is 23.0 Å². The van der Waals surface area contributed by atoms with E-state index in [9.17, 15) is 18.3 Å². The van der Waals surface area contributed by atoms with Crippen molar-refractivity contribution in [2.24, 2.45) is 5.14 Å². The molecule has 2 aromatic rings. The number of rotatable bonds is 3. The van der Waals surface area contributed by atoms with Gasteiger partial charge in [-0.15, -0.1) is 0 Å². The minimum absolute atomic E-state index is 0.113. The molecule has 0 unspecified atom stereocenters. The Kier molecular flexibility index (Phi) is 4.12. The van der Waals surface area contributed by atoms with Crippen LogP contribution in [0.4, 0.5) is 11.4 Å².